The Labute approximate surface area is 182 Å². The number of nitrogens with zero attached hydrogens (tertiary/aromatic N) is 3. The van der Waals surface area contributed by atoms with Crippen molar-refractivity contribution < 1.29 is 13.9 Å². The lowest BCUT2D eigenvalue weighted by Crippen LogP contribution is -2.15. The molecule has 0 aliphatic rings. The maximum absolute atomic E-state index is 5.87. The Balaban J connectivity index is 1.37. The average Bonchev–Trinajstić information content (AvgIpc) is 3.29. The molecule has 3 aromatic carbocycles. The molecule has 0 saturated heterocycles. The van der Waals surface area contributed by atoms with Gasteiger partial charge in [0.25, 0.3) is 0 Å². The third-order valence-corrected chi connectivity index (χ3v) is 4.62. The van der Waals surface area contributed by atoms with Gasteiger partial charge in [0.1, 0.15) is 17.2 Å². The molecule has 31 heavy (non-hydrogen) atoms. The first kappa shape index (κ1) is 20.6. The van der Waals surface area contributed by atoms with Crippen LogP contribution < -0.4 is 9.47 Å². The third kappa shape index (κ3) is 5.71. The van der Waals surface area contributed by atoms with Gasteiger partial charge in [0.15, 0.2) is 0 Å². The zero-order valence-corrected chi connectivity index (χ0v) is 17.7. The first-order valence-corrected chi connectivity index (χ1v) is 10.2. The molecule has 0 bridgehead atoms. The van der Waals surface area contributed by atoms with Gasteiger partial charge in [0.2, 0.25) is 11.8 Å². The Kier molecular flexibility index (Phi) is 6.59. The third-order valence-electron chi connectivity index (χ3n) is 4.62. The molecule has 0 aliphatic heterocycles. The van der Waals surface area contributed by atoms with Gasteiger partial charge >= 0.3 is 0 Å². The molecule has 4 aromatic rings. The highest BCUT2D eigenvalue weighted by molar-refractivity contribution is 5.59. The van der Waals surface area contributed by atoms with Crippen LogP contribution in [0.15, 0.2) is 83.3 Å². The number of ether oxygens (including phenoxy) is 2. The lowest BCUT2D eigenvalue weighted by molar-refractivity contribution is 0.281. The van der Waals surface area contributed by atoms with Gasteiger partial charge in [-0.2, -0.15) is 0 Å². The molecule has 0 fully saturated rings. The van der Waals surface area contributed by atoms with E-state index in [9.17, 15) is 0 Å². The zero-order chi connectivity index (χ0) is 21.5. The quantitative estimate of drug-likeness (QED) is 0.335. The van der Waals surface area contributed by atoms with Crippen molar-refractivity contribution in [1.82, 2.24) is 15.1 Å². The van der Waals surface area contributed by atoms with Crippen LogP contribution in [-0.4, -0.2) is 42.3 Å². The maximum Gasteiger partial charge on any atom is 0.248 e. The van der Waals surface area contributed by atoms with E-state index in [-0.39, 0.29) is 0 Å². The Morgan fingerprint density at radius 2 is 1.26 bits per heavy atom. The van der Waals surface area contributed by atoms with Crippen molar-refractivity contribution in [1.29, 1.82) is 0 Å². The second kappa shape index (κ2) is 9.91. The Morgan fingerprint density at radius 3 is 1.84 bits per heavy atom. The SMILES string of the molecule is CN(C)CCCOc1ccc(-c2nnc(-c3ccc(Oc4ccccc4)cc3)o2)cc1. The first-order chi connectivity index (χ1) is 15.2. The summed E-state index contributed by atoms with van der Waals surface area (Å²) in [4.78, 5) is 2.14. The molecule has 6 nitrogen and oxygen atoms in total. The lowest BCUT2D eigenvalue weighted by atomic mass is 10.2. The van der Waals surface area contributed by atoms with Crippen LogP contribution in [0.5, 0.6) is 17.2 Å². The van der Waals surface area contributed by atoms with Crippen molar-refractivity contribution in [2.24, 2.45) is 0 Å². The van der Waals surface area contributed by atoms with Crippen molar-refractivity contribution in [2.45, 2.75) is 6.42 Å². The van der Waals surface area contributed by atoms with Crippen molar-refractivity contribution in [3.63, 3.8) is 0 Å². The van der Waals surface area contributed by atoms with Gasteiger partial charge in [-0.15, -0.1) is 10.2 Å². The molecular weight excluding hydrogens is 390 g/mol. The topological polar surface area (TPSA) is 60.6 Å². The first-order valence-electron chi connectivity index (χ1n) is 10.2. The van der Waals surface area contributed by atoms with Crippen molar-refractivity contribution in [3.8, 4) is 40.2 Å². The van der Waals surface area contributed by atoms with E-state index in [2.05, 4.69) is 29.2 Å². The molecule has 1 heterocycles. The van der Waals surface area contributed by atoms with E-state index in [0.29, 0.717) is 18.4 Å². The Bertz CT molecular complexity index is 1080. The summed E-state index contributed by atoms with van der Waals surface area (Å²) >= 11 is 0. The van der Waals surface area contributed by atoms with Gasteiger partial charge in [0.05, 0.1) is 6.61 Å². The minimum Gasteiger partial charge on any atom is -0.494 e. The van der Waals surface area contributed by atoms with Crippen molar-refractivity contribution in [2.75, 3.05) is 27.2 Å². The number of rotatable bonds is 9. The highest BCUT2D eigenvalue weighted by atomic mass is 16.5. The summed E-state index contributed by atoms with van der Waals surface area (Å²) in [6, 6.07) is 24.9. The molecule has 0 unspecified atom stereocenters. The summed E-state index contributed by atoms with van der Waals surface area (Å²) in [6.45, 7) is 1.69. The fourth-order valence-electron chi connectivity index (χ4n) is 3.01. The van der Waals surface area contributed by atoms with Crippen LogP contribution in [0, 0.1) is 0 Å². The Morgan fingerprint density at radius 1 is 0.710 bits per heavy atom. The Hall–Kier alpha value is -3.64. The minimum absolute atomic E-state index is 0.463. The van der Waals surface area contributed by atoms with Crippen LogP contribution in [0.25, 0.3) is 22.9 Å². The van der Waals surface area contributed by atoms with Crippen LogP contribution in [0.4, 0.5) is 0 Å². The summed E-state index contributed by atoms with van der Waals surface area (Å²) in [7, 11) is 4.11. The van der Waals surface area contributed by atoms with Crippen LogP contribution >= 0.6 is 0 Å². The number of hydrogen-bond donors (Lipinski definition) is 0. The predicted molar refractivity (Wildman–Crippen MR) is 120 cm³/mol. The number of hydrogen-bond acceptors (Lipinski definition) is 6. The van der Waals surface area contributed by atoms with E-state index in [1.807, 2.05) is 78.9 Å². The predicted octanol–water partition coefficient (Wildman–Crippen LogP) is 5.53. The van der Waals surface area contributed by atoms with Gasteiger partial charge in [-0.05, 0) is 81.2 Å². The van der Waals surface area contributed by atoms with E-state index in [1.54, 1.807) is 0 Å². The van der Waals surface area contributed by atoms with Gasteiger partial charge in [-0.3, -0.25) is 0 Å². The molecule has 6 heteroatoms. The fourth-order valence-corrected chi connectivity index (χ4v) is 3.01. The molecule has 0 amide bonds. The molecule has 0 saturated carbocycles. The highest BCUT2D eigenvalue weighted by Gasteiger charge is 2.11. The second-order valence-electron chi connectivity index (χ2n) is 7.38. The molecule has 0 radical (unpaired) electrons. The van der Waals surface area contributed by atoms with Crippen molar-refractivity contribution >= 4 is 0 Å². The number of aromatic nitrogens is 2. The number of benzene rings is 3. The molecule has 0 atom stereocenters. The van der Waals surface area contributed by atoms with Crippen LogP contribution in [0.1, 0.15) is 6.42 Å². The van der Waals surface area contributed by atoms with Gasteiger partial charge in [0, 0.05) is 17.7 Å². The maximum atomic E-state index is 5.87. The van der Waals surface area contributed by atoms with Gasteiger partial charge in [-0.25, -0.2) is 0 Å². The lowest BCUT2D eigenvalue weighted by Gasteiger charge is -2.10. The zero-order valence-electron chi connectivity index (χ0n) is 17.7. The van der Waals surface area contributed by atoms with E-state index < -0.39 is 0 Å². The smallest absolute Gasteiger partial charge is 0.248 e. The summed E-state index contributed by atoms with van der Waals surface area (Å²) in [5.41, 5.74) is 1.68. The molecular formula is C25H25N3O3. The summed E-state index contributed by atoms with van der Waals surface area (Å²) < 4.78 is 17.5. The standard InChI is InChI=1S/C25H25N3O3/c1-28(2)17-6-18-29-21-13-9-19(10-14-21)24-26-27-25(31-24)20-11-15-23(16-12-20)30-22-7-4-3-5-8-22/h3-5,7-16H,6,17-18H2,1-2H3. The van der Waals surface area contributed by atoms with E-state index in [4.69, 9.17) is 13.9 Å². The van der Waals surface area contributed by atoms with Gasteiger partial charge < -0.3 is 18.8 Å². The van der Waals surface area contributed by atoms with E-state index >= 15 is 0 Å². The summed E-state index contributed by atoms with van der Waals surface area (Å²) in [5.74, 6) is 3.30. The van der Waals surface area contributed by atoms with E-state index in [1.165, 1.54) is 0 Å². The van der Waals surface area contributed by atoms with Crippen LogP contribution in [-0.2, 0) is 0 Å². The fraction of sp³-hybridized carbons (Fsp3) is 0.200. The monoisotopic (exact) mass is 415 g/mol. The molecule has 0 aliphatic carbocycles. The highest BCUT2D eigenvalue weighted by Crippen LogP contribution is 2.28. The van der Waals surface area contributed by atoms with Crippen LogP contribution in [0.2, 0.25) is 0 Å². The number of para-hydroxylation sites is 1. The normalized spacial score (nSPS) is 10.9. The molecule has 0 spiro atoms. The minimum atomic E-state index is 0.463. The summed E-state index contributed by atoms with van der Waals surface area (Å²) in [5, 5.41) is 8.37. The molecule has 1 aromatic heterocycles. The van der Waals surface area contributed by atoms with E-state index in [0.717, 1.165) is 41.3 Å². The van der Waals surface area contributed by atoms with Crippen molar-refractivity contribution in [3.05, 3.63) is 78.9 Å². The van der Waals surface area contributed by atoms with Crippen LogP contribution in [0.3, 0.4) is 0 Å². The summed E-state index contributed by atoms with van der Waals surface area (Å²) in [6.07, 6.45) is 0.983. The van der Waals surface area contributed by atoms with Gasteiger partial charge in [-0.1, -0.05) is 18.2 Å². The average molecular weight is 415 g/mol. The molecule has 158 valence electrons. The molecule has 0 N–H and O–H groups in total. The largest absolute Gasteiger partial charge is 0.494 e. The second-order valence-corrected chi connectivity index (χ2v) is 7.38. The molecule has 4 rings (SSSR count).